The Morgan fingerprint density at radius 1 is 1.06 bits per heavy atom. The average Bonchev–Trinajstić information content (AvgIpc) is 2.79. The van der Waals surface area contributed by atoms with Crippen LogP contribution in [-0.4, -0.2) is 24.2 Å². The van der Waals surface area contributed by atoms with Crippen LogP contribution in [0.1, 0.15) is 27.0 Å². The van der Waals surface area contributed by atoms with E-state index in [1.165, 1.54) is 36.0 Å². The molecule has 31 heavy (non-hydrogen) atoms. The third-order valence-electron chi connectivity index (χ3n) is 4.42. The minimum Gasteiger partial charge on any atom is -0.493 e. The molecular weight excluding hydrogens is 398 g/mol. The minimum absolute atomic E-state index is 0.0863. The van der Waals surface area contributed by atoms with E-state index in [4.69, 9.17) is 9.47 Å². The van der Waals surface area contributed by atoms with E-state index in [0.29, 0.717) is 23.7 Å². The number of nitro groups is 1. The van der Waals surface area contributed by atoms with Crippen LogP contribution in [0.5, 0.6) is 11.5 Å². The van der Waals surface area contributed by atoms with Gasteiger partial charge in [-0.25, -0.2) is 5.43 Å². The molecule has 0 aromatic heterocycles. The summed E-state index contributed by atoms with van der Waals surface area (Å²) in [5.74, 6) is 0.657. The van der Waals surface area contributed by atoms with Gasteiger partial charge in [0.15, 0.2) is 11.5 Å². The molecule has 0 aliphatic carbocycles. The number of methoxy groups -OCH3 is 1. The number of hydrogen-bond donors (Lipinski definition) is 1. The van der Waals surface area contributed by atoms with Crippen molar-refractivity contribution in [1.29, 1.82) is 0 Å². The van der Waals surface area contributed by atoms with Gasteiger partial charge in [0.05, 0.1) is 18.2 Å². The zero-order valence-corrected chi connectivity index (χ0v) is 17.1. The van der Waals surface area contributed by atoms with Crippen molar-refractivity contribution in [2.75, 3.05) is 7.11 Å². The fraction of sp³-hybridized carbons (Fsp3) is 0.130. The molecule has 0 saturated heterocycles. The molecule has 3 aromatic rings. The summed E-state index contributed by atoms with van der Waals surface area (Å²) >= 11 is 0. The second-order valence-corrected chi connectivity index (χ2v) is 6.69. The smallest absolute Gasteiger partial charge is 0.271 e. The second kappa shape index (κ2) is 10.0. The van der Waals surface area contributed by atoms with Gasteiger partial charge in [-0.1, -0.05) is 29.8 Å². The van der Waals surface area contributed by atoms with Crippen molar-refractivity contribution in [1.82, 2.24) is 5.43 Å². The van der Waals surface area contributed by atoms with E-state index in [1.54, 1.807) is 25.3 Å². The fourth-order valence-corrected chi connectivity index (χ4v) is 2.69. The highest BCUT2D eigenvalue weighted by atomic mass is 16.6. The molecule has 8 heteroatoms. The molecule has 0 aliphatic heterocycles. The molecule has 0 unspecified atom stereocenters. The van der Waals surface area contributed by atoms with Crippen LogP contribution >= 0.6 is 0 Å². The summed E-state index contributed by atoms with van der Waals surface area (Å²) in [6.07, 6.45) is 1.47. The number of nitro benzene ring substituents is 1. The number of hydrazone groups is 1. The number of non-ortho nitro benzene ring substituents is 1. The number of rotatable bonds is 8. The number of benzene rings is 3. The monoisotopic (exact) mass is 419 g/mol. The van der Waals surface area contributed by atoms with Crippen LogP contribution in [0.25, 0.3) is 0 Å². The van der Waals surface area contributed by atoms with Crippen molar-refractivity contribution in [3.63, 3.8) is 0 Å². The van der Waals surface area contributed by atoms with E-state index in [9.17, 15) is 14.9 Å². The number of ether oxygens (including phenoxy) is 2. The van der Waals surface area contributed by atoms with Crippen LogP contribution in [0.4, 0.5) is 5.69 Å². The molecule has 3 rings (SSSR count). The summed E-state index contributed by atoms with van der Waals surface area (Å²) in [5, 5.41) is 14.6. The lowest BCUT2D eigenvalue weighted by atomic mass is 10.2. The Labute approximate surface area is 179 Å². The molecule has 0 atom stereocenters. The highest BCUT2D eigenvalue weighted by molar-refractivity contribution is 5.95. The quantitative estimate of drug-likeness (QED) is 0.334. The van der Waals surface area contributed by atoms with Gasteiger partial charge in [-0.3, -0.25) is 14.9 Å². The first-order valence-electron chi connectivity index (χ1n) is 9.40. The molecule has 0 bridgehead atoms. The van der Waals surface area contributed by atoms with E-state index >= 15 is 0 Å². The van der Waals surface area contributed by atoms with Gasteiger partial charge in [0.25, 0.3) is 11.6 Å². The number of carbonyl (C=O) groups excluding carboxylic acids is 1. The first kappa shape index (κ1) is 21.5. The van der Waals surface area contributed by atoms with Crippen molar-refractivity contribution in [3.05, 3.63) is 99.1 Å². The van der Waals surface area contributed by atoms with Crippen LogP contribution in [-0.2, 0) is 6.61 Å². The van der Waals surface area contributed by atoms with E-state index < -0.39 is 10.8 Å². The van der Waals surface area contributed by atoms with Gasteiger partial charge in [0.1, 0.15) is 6.61 Å². The first-order valence-corrected chi connectivity index (χ1v) is 9.40. The summed E-state index contributed by atoms with van der Waals surface area (Å²) in [6.45, 7) is 2.44. The standard InChI is InChI=1S/C23H21N3O5/c1-16-3-5-17(6-4-16)15-31-21-12-7-18(13-22(21)30-2)14-24-25-23(27)19-8-10-20(11-9-19)26(28)29/h3-14H,15H2,1-2H3,(H,25,27)/b24-14+. The van der Waals surface area contributed by atoms with Gasteiger partial charge in [-0.05, 0) is 48.4 Å². The number of amides is 1. The largest absolute Gasteiger partial charge is 0.493 e. The van der Waals surface area contributed by atoms with Crippen molar-refractivity contribution in [3.8, 4) is 11.5 Å². The summed E-state index contributed by atoms with van der Waals surface area (Å²) < 4.78 is 11.2. The maximum absolute atomic E-state index is 12.1. The molecule has 3 aromatic carbocycles. The lowest BCUT2D eigenvalue weighted by Gasteiger charge is -2.11. The molecular formula is C23H21N3O5. The van der Waals surface area contributed by atoms with Crippen LogP contribution in [0.15, 0.2) is 71.8 Å². The SMILES string of the molecule is COc1cc(/C=N/NC(=O)c2ccc([N+](=O)[O-])cc2)ccc1OCc1ccc(C)cc1. The van der Waals surface area contributed by atoms with E-state index in [-0.39, 0.29) is 11.3 Å². The molecule has 0 fully saturated rings. The highest BCUT2D eigenvalue weighted by Crippen LogP contribution is 2.28. The molecule has 0 spiro atoms. The lowest BCUT2D eigenvalue weighted by Crippen LogP contribution is -2.17. The predicted molar refractivity (Wildman–Crippen MR) is 117 cm³/mol. The Kier molecular flexibility index (Phi) is 6.95. The van der Waals surface area contributed by atoms with E-state index in [0.717, 1.165) is 5.56 Å². The molecule has 0 aliphatic rings. The third kappa shape index (κ3) is 5.89. The summed E-state index contributed by atoms with van der Waals surface area (Å²) in [5.41, 5.74) is 5.50. The van der Waals surface area contributed by atoms with Crippen LogP contribution in [0.3, 0.4) is 0 Å². The Balaban J connectivity index is 1.60. The van der Waals surface area contributed by atoms with Crippen molar-refractivity contribution >= 4 is 17.8 Å². The molecule has 0 saturated carbocycles. The van der Waals surface area contributed by atoms with Crippen molar-refractivity contribution < 1.29 is 19.2 Å². The van der Waals surface area contributed by atoms with Gasteiger partial charge in [-0.15, -0.1) is 0 Å². The lowest BCUT2D eigenvalue weighted by molar-refractivity contribution is -0.384. The van der Waals surface area contributed by atoms with Gasteiger partial charge in [-0.2, -0.15) is 5.10 Å². The Bertz CT molecular complexity index is 1090. The highest BCUT2D eigenvalue weighted by Gasteiger charge is 2.09. The summed E-state index contributed by atoms with van der Waals surface area (Å²) in [7, 11) is 1.55. The number of aryl methyl sites for hydroxylation is 1. The summed E-state index contributed by atoms with van der Waals surface area (Å²) in [4.78, 5) is 22.2. The number of nitrogens with zero attached hydrogens (tertiary/aromatic N) is 2. The number of nitrogens with one attached hydrogen (secondary N) is 1. The van der Waals surface area contributed by atoms with Gasteiger partial charge >= 0.3 is 0 Å². The molecule has 8 nitrogen and oxygen atoms in total. The summed E-state index contributed by atoms with van der Waals surface area (Å²) in [6, 6.07) is 18.6. The molecule has 1 N–H and O–H groups in total. The second-order valence-electron chi connectivity index (χ2n) is 6.69. The van der Waals surface area contributed by atoms with Crippen LogP contribution in [0.2, 0.25) is 0 Å². The third-order valence-corrected chi connectivity index (χ3v) is 4.42. The molecule has 0 radical (unpaired) electrons. The Morgan fingerprint density at radius 3 is 2.42 bits per heavy atom. The zero-order valence-electron chi connectivity index (χ0n) is 17.1. The minimum atomic E-state index is -0.526. The molecule has 158 valence electrons. The van der Waals surface area contributed by atoms with Crippen LogP contribution in [0, 0.1) is 17.0 Å². The Hall–Kier alpha value is -4.20. The first-order chi connectivity index (χ1) is 15.0. The van der Waals surface area contributed by atoms with Crippen molar-refractivity contribution in [2.24, 2.45) is 5.10 Å². The predicted octanol–water partition coefficient (Wildman–Crippen LogP) is 4.25. The van der Waals surface area contributed by atoms with E-state index in [2.05, 4.69) is 10.5 Å². The van der Waals surface area contributed by atoms with E-state index in [1.807, 2.05) is 31.2 Å². The van der Waals surface area contributed by atoms with Gasteiger partial charge in [0, 0.05) is 17.7 Å². The number of hydrogen-bond acceptors (Lipinski definition) is 6. The topological polar surface area (TPSA) is 103 Å². The normalized spacial score (nSPS) is 10.6. The van der Waals surface area contributed by atoms with Crippen molar-refractivity contribution in [2.45, 2.75) is 13.5 Å². The molecule has 1 amide bonds. The fourth-order valence-electron chi connectivity index (χ4n) is 2.69. The average molecular weight is 419 g/mol. The van der Waals surface area contributed by atoms with Gasteiger partial charge in [0.2, 0.25) is 0 Å². The van der Waals surface area contributed by atoms with Crippen LogP contribution < -0.4 is 14.9 Å². The van der Waals surface area contributed by atoms with Gasteiger partial charge < -0.3 is 9.47 Å². The Morgan fingerprint density at radius 2 is 1.77 bits per heavy atom. The maximum Gasteiger partial charge on any atom is 0.271 e. The molecule has 0 heterocycles. The zero-order chi connectivity index (χ0) is 22.2. The maximum atomic E-state index is 12.1. The number of carbonyl (C=O) groups is 1.